The van der Waals surface area contributed by atoms with Crippen LogP contribution in [0.5, 0.6) is 5.88 Å². The highest BCUT2D eigenvalue weighted by Crippen LogP contribution is 2.18. The number of aromatic nitrogens is 2. The Labute approximate surface area is 104 Å². The molecule has 0 radical (unpaired) electrons. The van der Waals surface area contributed by atoms with Crippen LogP contribution in [0.1, 0.15) is 10.7 Å². The topological polar surface area (TPSA) is 109 Å². The van der Waals surface area contributed by atoms with E-state index in [0.717, 1.165) is 4.88 Å². The Morgan fingerprint density at radius 1 is 1.50 bits per heavy atom. The third-order valence-electron chi connectivity index (χ3n) is 2.03. The van der Waals surface area contributed by atoms with Gasteiger partial charge >= 0.3 is 11.2 Å². The van der Waals surface area contributed by atoms with Crippen LogP contribution in [0.15, 0.2) is 22.3 Å². The summed E-state index contributed by atoms with van der Waals surface area (Å²) >= 11 is 1.48. The molecule has 2 rings (SSSR count). The first-order valence-electron chi connectivity index (χ1n) is 4.77. The van der Waals surface area contributed by atoms with Crippen molar-refractivity contribution in [3.63, 3.8) is 0 Å². The number of nitrogens with one attached hydrogen (secondary N) is 1. The zero-order chi connectivity index (χ0) is 13.1. The number of thiophene rings is 1. The van der Waals surface area contributed by atoms with Gasteiger partial charge in [-0.25, -0.2) is 0 Å². The molecule has 2 aromatic rings. The summed E-state index contributed by atoms with van der Waals surface area (Å²) in [5, 5.41) is 21.6. The third-order valence-corrected chi connectivity index (χ3v) is 2.86. The summed E-state index contributed by atoms with van der Waals surface area (Å²) in [6.07, 6.45) is 3.13. The first kappa shape index (κ1) is 12.0. The molecular formula is C10H7N3O4S. The van der Waals surface area contributed by atoms with Crippen LogP contribution in [-0.2, 0) is 0 Å². The Kier molecular flexibility index (Phi) is 3.20. The van der Waals surface area contributed by atoms with E-state index < -0.39 is 22.0 Å². The fourth-order valence-corrected chi connectivity index (χ4v) is 1.88. The van der Waals surface area contributed by atoms with Crippen molar-refractivity contribution in [3.05, 3.63) is 48.7 Å². The molecule has 2 N–H and O–H groups in total. The molecule has 0 aliphatic rings. The second kappa shape index (κ2) is 4.80. The van der Waals surface area contributed by atoms with E-state index in [2.05, 4.69) is 9.97 Å². The first-order chi connectivity index (χ1) is 8.58. The molecule has 0 aliphatic carbocycles. The minimum absolute atomic E-state index is 0.0523. The lowest BCUT2D eigenvalue weighted by Crippen LogP contribution is -2.14. The van der Waals surface area contributed by atoms with Crippen molar-refractivity contribution in [2.45, 2.75) is 0 Å². The van der Waals surface area contributed by atoms with Crippen molar-refractivity contribution in [1.29, 1.82) is 0 Å². The molecule has 0 bridgehead atoms. The molecule has 0 aliphatic heterocycles. The van der Waals surface area contributed by atoms with E-state index in [-0.39, 0.29) is 5.82 Å². The van der Waals surface area contributed by atoms with Gasteiger partial charge in [0.15, 0.2) is 0 Å². The lowest BCUT2D eigenvalue weighted by molar-refractivity contribution is -0.387. The standard InChI is InChI=1S/C10H7N3O4S/c14-9-8(13(16)17)10(15)12-7(11-9)4-3-6-2-1-5-18-6/h1-5H,(H2,11,12,14,15)/b4-3-. The van der Waals surface area contributed by atoms with Gasteiger partial charge < -0.3 is 10.1 Å². The Hall–Kier alpha value is -2.48. The van der Waals surface area contributed by atoms with E-state index in [0.29, 0.717) is 0 Å². The van der Waals surface area contributed by atoms with Crippen molar-refractivity contribution in [1.82, 2.24) is 9.97 Å². The lowest BCUT2D eigenvalue weighted by Gasteiger charge is -1.96. The Morgan fingerprint density at radius 2 is 2.28 bits per heavy atom. The predicted molar refractivity (Wildman–Crippen MR) is 66.4 cm³/mol. The van der Waals surface area contributed by atoms with Crippen molar-refractivity contribution in [2.75, 3.05) is 0 Å². The van der Waals surface area contributed by atoms with Gasteiger partial charge in [-0.1, -0.05) is 6.07 Å². The summed E-state index contributed by atoms with van der Waals surface area (Å²) in [6.45, 7) is 0. The molecule has 92 valence electrons. The molecule has 18 heavy (non-hydrogen) atoms. The van der Waals surface area contributed by atoms with Gasteiger partial charge in [0.25, 0.3) is 5.88 Å². The zero-order valence-electron chi connectivity index (χ0n) is 8.86. The van der Waals surface area contributed by atoms with Crippen molar-refractivity contribution >= 4 is 29.2 Å². The van der Waals surface area contributed by atoms with E-state index in [4.69, 9.17) is 0 Å². The largest absolute Gasteiger partial charge is 0.488 e. The molecule has 8 heteroatoms. The number of aromatic amines is 1. The van der Waals surface area contributed by atoms with Crippen LogP contribution < -0.4 is 5.56 Å². The molecule has 0 atom stereocenters. The molecule has 0 spiro atoms. The zero-order valence-corrected chi connectivity index (χ0v) is 9.68. The number of rotatable bonds is 3. The fourth-order valence-electron chi connectivity index (χ4n) is 1.26. The maximum atomic E-state index is 11.3. The molecule has 0 fully saturated rings. The SMILES string of the molecule is O=c1[nH]c(/C=C\c2cccs2)nc(O)c1[N+](=O)[O-]. The van der Waals surface area contributed by atoms with E-state index >= 15 is 0 Å². The maximum Gasteiger partial charge on any atom is 0.395 e. The lowest BCUT2D eigenvalue weighted by atomic mass is 10.4. The van der Waals surface area contributed by atoms with Crippen molar-refractivity contribution in [3.8, 4) is 5.88 Å². The van der Waals surface area contributed by atoms with Crippen LogP contribution in [0.25, 0.3) is 12.2 Å². The van der Waals surface area contributed by atoms with Crippen molar-refractivity contribution < 1.29 is 10.0 Å². The number of hydrogen-bond donors (Lipinski definition) is 2. The van der Waals surface area contributed by atoms with Crippen LogP contribution in [-0.4, -0.2) is 20.0 Å². The van der Waals surface area contributed by atoms with E-state index in [1.54, 1.807) is 6.08 Å². The average molecular weight is 265 g/mol. The summed E-state index contributed by atoms with van der Waals surface area (Å²) in [4.78, 5) is 27.5. The smallest absolute Gasteiger partial charge is 0.395 e. The molecule has 0 saturated carbocycles. The summed E-state index contributed by atoms with van der Waals surface area (Å²) in [5.74, 6) is -0.842. The molecule has 0 saturated heterocycles. The molecule has 2 heterocycles. The summed E-state index contributed by atoms with van der Waals surface area (Å²) in [5.41, 5.74) is -1.94. The van der Waals surface area contributed by atoms with Gasteiger partial charge in [-0.05, 0) is 23.6 Å². The molecule has 0 amide bonds. The molecule has 7 nitrogen and oxygen atoms in total. The van der Waals surface area contributed by atoms with Gasteiger partial charge in [0.1, 0.15) is 5.82 Å². The fraction of sp³-hybridized carbons (Fsp3) is 0. The highest BCUT2D eigenvalue weighted by Gasteiger charge is 2.21. The predicted octanol–water partition coefficient (Wildman–Crippen LogP) is 1.62. The Bertz CT molecular complexity index is 660. The first-order valence-corrected chi connectivity index (χ1v) is 5.65. The average Bonchev–Trinajstić information content (AvgIpc) is 2.77. The highest BCUT2D eigenvalue weighted by atomic mass is 32.1. The van der Waals surface area contributed by atoms with Gasteiger partial charge in [-0.15, -0.1) is 11.3 Å². The van der Waals surface area contributed by atoms with E-state index in [9.17, 15) is 20.0 Å². The number of H-pyrrole nitrogens is 1. The monoisotopic (exact) mass is 265 g/mol. The van der Waals surface area contributed by atoms with Crippen LogP contribution in [0.2, 0.25) is 0 Å². The molecule has 0 aromatic carbocycles. The maximum absolute atomic E-state index is 11.3. The van der Waals surface area contributed by atoms with Crippen LogP contribution in [0.4, 0.5) is 5.69 Å². The van der Waals surface area contributed by atoms with Crippen molar-refractivity contribution in [2.24, 2.45) is 0 Å². The second-order valence-corrected chi connectivity index (χ2v) is 4.21. The van der Waals surface area contributed by atoms with Gasteiger partial charge in [-0.3, -0.25) is 14.9 Å². The Balaban J connectivity index is 2.37. The number of hydrogen-bond acceptors (Lipinski definition) is 6. The number of nitro groups is 1. The normalized spacial score (nSPS) is 10.9. The summed E-state index contributed by atoms with van der Waals surface area (Å²) in [7, 11) is 0. The van der Waals surface area contributed by atoms with E-state index in [1.165, 1.54) is 17.4 Å². The number of aromatic hydroxyl groups is 1. The van der Waals surface area contributed by atoms with Gasteiger partial charge in [0.05, 0.1) is 4.92 Å². The molecule has 2 aromatic heterocycles. The van der Waals surface area contributed by atoms with E-state index in [1.807, 2.05) is 17.5 Å². The van der Waals surface area contributed by atoms with Crippen LogP contribution >= 0.6 is 11.3 Å². The van der Waals surface area contributed by atoms with Gasteiger partial charge in [0, 0.05) is 4.88 Å². The molecule has 0 unspecified atom stereocenters. The van der Waals surface area contributed by atoms with Gasteiger partial charge in [0.2, 0.25) is 0 Å². The summed E-state index contributed by atoms with van der Waals surface area (Å²) in [6, 6.07) is 3.71. The minimum Gasteiger partial charge on any atom is -0.488 e. The molecular weight excluding hydrogens is 258 g/mol. The number of nitrogens with zero attached hydrogens (tertiary/aromatic N) is 2. The highest BCUT2D eigenvalue weighted by molar-refractivity contribution is 7.10. The Morgan fingerprint density at radius 3 is 2.83 bits per heavy atom. The third kappa shape index (κ3) is 2.43. The minimum atomic E-state index is -0.988. The second-order valence-electron chi connectivity index (χ2n) is 3.23. The summed E-state index contributed by atoms with van der Waals surface area (Å²) < 4.78 is 0. The van der Waals surface area contributed by atoms with Crippen LogP contribution in [0.3, 0.4) is 0 Å². The van der Waals surface area contributed by atoms with Crippen LogP contribution in [0, 0.1) is 10.1 Å². The quantitative estimate of drug-likeness (QED) is 0.647. The van der Waals surface area contributed by atoms with Gasteiger partial charge in [-0.2, -0.15) is 4.98 Å².